The van der Waals surface area contributed by atoms with Gasteiger partial charge in [-0.3, -0.25) is 24.5 Å². The van der Waals surface area contributed by atoms with Crippen LogP contribution in [-0.4, -0.2) is 67.9 Å². The van der Waals surface area contributed by atoms with Crippen LogP contribution in [0.5, 0.6) is 0 Å². The maximum atomic E-state index is 13.4. The lowest BCUT2D eigenvalue weighted by molar-refractivity contribution is -0.146. The number of carbonyl (C=O) groups excluding carboxylic acids is 2. The fourth-order valence-electron chi connectivity index (χ4n) is 5.39. The summed E-state index contributed by atoms with van der Waals surface area (Å²) in [5.41, 5.74) is 2.02. The zero-order chi connectivity index (χ0) is 21.2. The molecule has 0 saturated carbocycles. The summed E-state index contributed by atoms with van der Waals surface area (Å²) in [4.78, 5) is 43.2. The fourth-order valence-corrected chi connectivity index (χ4v) is 5.39. The Labute approximate surface area is 179 Å². The molecule has 2 unspecified atom stereocenters. The van der Waals surface area contributed by atoms with Crippen molar-refractivity contribution in [2.24, 2.45) is 11.8 Å². The summed E-state index contributed by atoms with van der Waals surface area (Å²) in [5.74, 6) is -0.631. The van der Waals surface area contributed by atoms with E-state index in [0.29, 0.717) is 32.1 Å². The molecule has 4 atom stereocenters. The van der Waals surface area contributed by atoms with Crippen molar-refractivity contribution in [3.63, 3.8) is 0 Å². The van der Waals surface area contributed by atoms with Crippen molar-refractivity contribution in [3.05, 3.63) is 66.0 Å². The first-order valence-corrected chi connectivity index (χ1v) is 10.7. The Morgan fingerprint density at radius 3 is 2.87 bits per heavy atom. The lowest BCUT2D eigenvalue weighted by Crippen LogP contribution is -2.54. The van der Waals surface area contributed by atoms with E-state index in [2.05, 4.69) is 15.0 Å². The number of fused-ring (bicyclic) bond motifs is 1. The Morgan fingerprint density at radius 2 is 2.13 bits per heavy atom. The third-order valence-electron chi connectivity index (χ3n) is 7.00. The molecule has 2 bridgehead atoms. The van der Waals surface area contributed by atoms with E-state index in [0.717, 1.165) is 17.0 Å². The van der Waals surface area contributed by atoms with Gasteiger partial charge >= 0.3 is 0 Å². The quantitative estimate of drug-likeness (QED) is 0.692. The van der Waals surface area contributed by atoms with E-state index in [1.54, 1.807) is 23.5 Å². The number of hydrogen-bond acceptors (Lipinski definition) is 6. The van der Waals surface area contributed by atoms with Crippen molar-refractivity contribution in [2.75, 3.05) is 19.6 Å². The highest BCUT2D eigenvalue weighted by Crippen LogP contribution is 2.53. The molecule has 0 radical (unpaired) electrons. The lowest BCUT2D eigenvalue weighted by atomic mass is 9.75. The van der Waals surface area contributed by atoms with Gasteiger partial charge in [0, 0.05) is 37.6 Å². The molecule has 2 aromatic rings. The van der Waals surface area contributed by atoms with Crippen molar-refractivity contribution < 1.29 is 14.3 Å². The number of carbonyl (C=O) groups is 2. The van der Waals surface area contributed by atoms with Gasteiger partial charge in [0.15, 0.2) is 0 Å². The van der Waals surface area contributed by atoms with Crippen LogP contribution < -0.4 is 0 Å². The van der Waals surface area contributed by atoms with E-state index in [-0.39, 0.29) is 17.9 Å². The summed E-state index contributed by atoms with van der Waals surface area (Å²) in [6.07, 6.45) is 10.6. The summed E-state index contributed by atoms with van der Waals surface area (Å²) in [6.45, 7) is 4.02. The van der Waals surface area contributed by atoms with Crippen LogP contribution in [0.1, 0.15) is 22.9 Å². The fraction of sp³-hybridized carbons (Fsp3) is 0.435. The van der Waals surface area contributed by atoms with E-state index >= 15 is 0 Å². The standard InChI is InChI=1S/C23H23N5O3/c1-14-7-26-17(9-25-14)12-28-13-23-5-4-18(31-23)19(20(23)22(28)30)21(29)27-10-16(11-27)15-3-2-6-24-8-15/h2-9,16,18-20H,10-13H2,1H3/t18-,19?,20?,23-/m1/s1. The Kier molecular flexibility index (Phi) is 4.02. The predicted octanol–water partition coefficient (Wildman–Crippen LogP) is 1.09. The van der Waals surface area contributed by atoms with Crippen LogP contribution in [0, 0.1) is 18.8 Å². The molecule has 31 heavy (non-hydrogen) atoms. The minimum Gasteiger partial charge on any atom is -0.360 e. The number of ether oxygens (including phenoxy) is 1. The summed E-state index contributed by atoms with van der Waals surface area (Å²) in [6, 6.07) is 3.96. The minimum absolute atomic E-state index is 0.0201. The molecule has 6 heterocycles. The van der Waals surface area contributed by atoms with E-state index in [1.807, 2.05) is 42.3 Å². The average Bonchev–Trinajstić information content (AvgIpc) is 3.38. The van der Waals surface area contributed by atoms with Gasteiger partial charge in [-0.2, -0.15) is 0 Å². The number of pyridine rings is 1. The number of nitrogens with zero attached hydrogens (tertiary/aromatic N) is 5. The van der Waals surface area contributed by atoms with Gasteiger partial charge in [0.1, 0.15) is 5.60 Å². The molecule has 1 spiro atoms. The van der Waals surface area contributed by atoms with Crippen molar-refractivity contribution in [2.45, 2.75) is 31.1 Å². The molecule has 3 saturated heterocycles. The highest BCUT2D eigenvalue weighted by molar-refractivity contribution is 5.93. The molecule has 4 aliphatic heterocycles. The summed E-state index contributed by atoms with van der Waals surface area (Å²) >= 11 is 0. The highest BCUT2D eigenvalue weighted by atomic mass is 16.5. The Hall–Kier alpha value is -3.13. The Balaban J connectivity index is 1.18. The number of rotatable bonds is 4. The molecule has 0 N–H and O–H groups in total. The summed E-state index contributed by atoms with van der Waals surface area (Å²) in [5, 5.41) is 0. The summed E-state index contributed by atoms with van der Waals surface area (Å²) in [7, 11) is 0. The van der Waals surface area contributed by atoms with Crippen LogP contribution in [0.4, 0.5) is 0 Å². The molecule has 158 valence electrons. The first kappa shape index (κ1) is 18.6. The first-order chi connectivity index (χ1) is 15.0. The molecule has 8 nitrogen and oxygen atoms in total. The van der Waals surface area contributed by atoms with Gasteiger partial charge in [0.2, 0.25) is 11.8 Å². The third kappa shape index (κ3) is 2.81. The highest BCUT2D eigenvalue weighted by Gasteiger charge is 2.67. The smallest absolute Gasteiger partial charge is 0.230 e. The normalized spacial score (nSPS) is 31.3. The number of hydrogen-bond donors (Lipinski definition) is 0. The van der Waals surface area contributed by atoms with Crippen molar-refractivity contribution >= 4 is 11.8 Å². The van der Waals surface area contributed by atoms with Gasteiger partial charge in [0.25, 0.3) is 0 Å². The van der Waals surface area contributed by atoms with Gasteiger partial charge in [0.05, 0.1) is 48.6 Å². The van der Waals surface area contributed by atoms with Crippen LogP contribution in [0.3, 0.4) is 0 Å². The van der Waals surface area contributed by atoms with Crippen molar-refractivity contribution in [3.8, 4) is 0 Å². The molecule has 8 heteroatoms. The average molecular weight is 417 g/mol. The topological polar surface area (TPSA) is 88.5 Å². The molecular weight excluding hydrogens is 394 g/mol. The monoisotopic (exact) mass is 417 g/mol. The van der Waals surface area contributed by atoms with E-state index < -0.39 is 17.4 Å². The van der Waals surface area contributed by atoms with Crippen molar-refractivity contribution in [1.29, 1.82) is 0 Å². The van der Waals surface area contributed by atoms with E-state index in [1.165, 1.54) is 0 Å². The SMILES string of the molecule is Cc1cnc(CN2C[C@@]34C=C[C@@H](O3)C(C(=O)N3CC(c5cccnc5)C3)C4C2=O)cn1. The van der Waals surface area contributed by atoms with E-state index in [9.17, 15) is 9.59 Å². The third-order valence-corrected chi connectivity index (χ3v) is 7.00. The second-order valence-corrected chi connectivity index (χ2v) is 8.97. The molecule has 6 rings (SSSR count). The Morgan fingerprint density at radius 1 is 1.26 bits per heavy atom. The van der Waals surface area contributed by atoms with Gasteiger partial charge in [-0.25, -0.2) is 0 Å². The molecule has 4 aliphatic rings. The molecule has 3 fully saturated rings. The second kappa shape index (κ2) is 6.68. The molecule has 0 aromatic carbocycles. The van der Waals surface area contributed by atoms with Crippen LogP contribution in [0.15, 0.2) is 49.1 Å². The second-order valence-electron chi connectivity index (χ2n) is 8.97. The summed E-state index contributed by atoms with van der Waals surface area (Å²) < 4.78 is 6.24. The van der Waals surface area contributed by atoms with Crippen LogP contribution in [0.2, 0.25) is 0 Å². The number of likely N-dealkylation sites (tertiary alicyclic amines) is 2. The maximum absolute atomic E-state index is 13.4. The van der Waals surface area contributed by atoms with Crippen molar-refractivity contribution in [1.82, 2.24) is 24.8 Å². The van der Waals surface area contributed by atoms with Gasteiger partial charge in [-0.15, -0.1) is 0 Å². The Bertz CT molecular complexity index is 1070. The maximum Gasteiger partial charge on any atom is 0.230 e. The van der Waals surface area contributed by atoms with Gasteiger partial charge in [-0.05, 0) is 18.6 Å². The molecule has 2 amide bonds. The number of aromatic nitrogens is 3. The molecule has 2 aromatic heterocycles. The molecule has 0 aliphatic carbocycles. The minimum atomic E-state index is -0.701. The van der Waals surface area contributed by atoms with E-state index in [4.69, 9.17) is 4.74 Å². The first-order valence-electron chi connectivity index (χ1n) is 10.7. The number of aryl methyl sites for hydroxylation is 1. The zero-order valence-corrected chi connectivity index (χ0v) is 17.2. The van der Waals surface area contributed by atoms with Crippen LogP contribution in [0.25, 0.3) is 0 Å². The zero-order valence-electron chi connectivity index (χ0n) is 17.2. The van der Waals surface area contributed by atoms with Gasteiger partial charge < -0.3 is 14.5 Å². The lowest BCUT2D eigenvalue weighted by Gasteiger charge is -2.42. The molecular formula is C23H23N5O3. The van der Waals surface area contributed by atoms with Gasteiger partial charge in [-0.1, -0.05) is 18.2 Å². The van der Waals surface area contributed by atoms with Crippen LogP contribution >= 0.6 is 0 Å². The van der Waals surface area contributed by atoms with Crippen LogP contribution in [-0.2, 0) is 20.9 Å². The predicted molar refractivity (Wildman–Crippen MR) is 109 cm³/mol. The largest absolute Gasteiger partial charge is 0.360 e. The number of amides is 2.